The minimum Gasteiger partial charge on any atom is -0.482 e. The fourth-order valence-electron chi connectivity index (χ4n) is 2.24. The molecule has 1 aromatic carbocycles. The fraction of sp³-hybridized carbons (Fsp3) is 0.353. The molecule has 8 nitrogen and oxygen atoms in total. The highest BCUT2D eigenvalue weighted by molar-refractivity contribution is 5.77. The molecule has 2 N–H and O–H groups in total. The molecule has 0 saturated heterocycles. The molecule has 0 saturated carbocycles. The Labute approximate surface area is 145 Å². The Bertz CT molecular complexity index is 770. The van der Waals surface area contributed by atoms with E-state index in [1.54, 1.807) is 22.9 Å². The van der Waals surface area contributed by atoms with E-state index in [1.807, 2.05) is 27.0 Å². The molecule has 8 heteroatoms. The number of nitrogens with one attached hydrogen (secondary N) is 1. The number of nitrogens with zero attached hydrogens (tertiary/aromatic N) is 2. The van der Waals surface area contributed by atoms with Crippen LogP contribution in [0.4, 0.5) is 0 Å². The summed E-state index contributed by atoms with van der Waals surface area (Å²) in [7, 11) is 1.81. The molecule has 0 bridgehead atoms. The van der Waals surface area contributed by atoms with Gasteiger partial charge in [0.1, 0.15) is 11.4 Å². The predicted octanol–water partition coefficient (Wildman–Crippen LogP) is 1.20. The average Bonchev–Trinajstić information content (AvgIpc) is 2.82. The van der Waals surface area contributed by atoms with Crippen molar-refractivity contribution in [2.75, 3.05) is 13.2 Å². The van der Waals surface area contributed by atoms with Crippen molar-refractivity contribution < 1.29 is 24.2 Å². The van der Waals surface area contributed by atoms with Gasteiger partial charge in [-0.2, -0.15) is 5.10 Å². The van der Waals surface area contributed by atoms with E-state index in [0.29, 0.717) is 11.5 Å². The molecule has 0 aliphatic heterocycles. The molecular formula is C17H21N3O5. The van der Waals surface area contributed by atoms with Crippen LogP contribution < -0.4 is 14.8 Å². The molecule has 25 heavy (non-hydrogen) atoms. The van der Waals surface area contributed by atoms with Gasteiger partial charge in [0.15, 0.2) is 19.0 Å². The number of carbonyl (C=O) groups excluding carboxylic acids is 1. The van der Waals surface area contributed by atoms with Gasteiger partial charge < -0.3 is 19.9 Å². The van der Waals surface area contributed by atoms with Crippen LogP contribution in [0.15, 0.2) is 24.3 Å². The Hall–Kier alpha value is -3.03. The van der Waals surface area contributed by atoms with E-state index in [-0.39, 0.29) is 19.1 Å². The second-order valence-electron chi connectivity index (χ2n) is 5.52. The SMILES string of the molecule is Cc1nn(C)c(C)c1OCC(=O)NCc1cccc(OCC(=O)O)c1. The van der Waals surface area contributed by atoms with Gasteiger partial charge in [-0.05, 0) is 31.5 Å². The highest BCUT2D eigenvalue weighted by Crippen LogP contribution is 2.21. The topological polar surface area (TPSA) is 103 Å². The first-order valence-electron chi connectivity index (χ1n) is 7.70. The van der Waals surface area contributed by atoms with E-state index in [4.69, 9.17) is 14.6 Å². The predicted molar refractivity (Wildman–Crippen MR) is 89.6 cm³/mol. The lowest BCUT2D eigenvalue weighted by atomic mass is 10.2. The number of aromatic nitrogens is 2. The van der Waals surface area contributed by atoms with Crippen molar-refractivity contribution in [1.29, 1.82) is 0 Å². The zero-order valence-electron chi connectivity index (χ0n) is 14.4. The first-order chi connectivity index (χ1) is 11.9. The minimum atomic E-state index is -1.04. The first kappa shape index (κ1) is 18.3. The smallest absolute Gasteiger partial charge is 0.341 e. The van der Waals surface area contributed by atoms with Crippen LogP contribution >= 0.6 is 0 Å². The Balaban J connectivity index is 1.83. The number of hydrogen-bond donors (Lipinski definition) is 2. The highest BCUT2D eigenvalue weighted by atomic mass is 16.5. The van der Waals surface area contributed by atoms with Crippen LogP contribution in [-0.4, -0.2) is 40.0 Å². The zero-order valence-corrected chi connectivity index (χ0v) is 14.4. The molecule has 0 atom stereocenters. The lowest BCUT2D eigenvalue weighted by Gasteiger charge is -2.09. The van der Waals surface area contributed by atoms with Gasteiger partial charge in [0.05, 0.1) is 5.69 Å². The van der Waals surface area contributed by atoms with E-state index in [0.717, 1.165) is 17.0 Å². The summed E-state index contributed by atoms with van der Waals surface area (Å²) in [6.45, 7) is 3.46. The lowest BCUT2D eigenvalue weighted by molar-refractivity contribution is -0.139. The van der Waals surface area contributed by atoms with Crippen LogP contribution in [0, 0.1) is 13.8 Å². The number of amides is 1. The van der Waals surface area contributed by atoms with Gasteiger partial charge in [-0.1, -0.05) is 12.1 Å². The van der Waals surface area contributed by atoms with Crippen LogP contribution in [0.3, 0.4) is 0 Å². The van der Waals surface area contributed by atoms with Gasteiger partial charge in [-0.15, -0.1) is 0 Å². The van der Waals surface area contributed by atoms with Crippen molar-refractivity contribution in [3.05, 3.63) is 41.2 Å². The monoisotopic (exact) mass is 347 g/mol. The van der Waals surface area contributed by atoms with Crippen LogP contribution in [0.1, 0.15) is 17.0 Å². The molecule has 0 aliphatic rings. The molecule has 2 aromatic rings. The third-order valence-corrected chi connectivity index (χ3v) is 3.54. The standard InChI is InChI=1S/C17H21N3O5/c1-11-17(12(2)20(3)19-11)25-9-15(21)18-8-13-5-4-6-14(7-13)24-10-16(22)23/h4-7H,8-10H2,1-3H3,(H,18,21)(H,22,23). The molecule has 0 radical (unpaired) electrons. The third-order valence-electron chi connectivity index (χ3n) is 3.54. The average molecular weight is 347 g/mol. The molecule has 0 aliphatic carbocycles. The molecule has 134 valence electrons. The van der Waals surface area contributed by atoms with Gasteiger partial charge in [-0.3, -0.25) is 9.48 Å². The van der Waals surface area contributed by atoms with Gasteiger partial charge in [0, 0.05) is 13.6 Å². The largest absolute Gasteiger partial charge is 0.482 e. The number of benzene rings is 1. The highest BCUT2D eigenvalue weighted by Gasteiger charge is 2.12. The minimum absolute atomic E-state index is 0.109. The molecular weight excluding hydrogens is 326 g/mol. The maximum absolute atomic E-state index is 11.9. The van der Waals surface area contributed by atoms with Crippen LogP contribution in [0.25, 0.3) is 0 Å². The molecule has 1 heterocycles. The Kier molecular flexibility index (Phi) is 5.99. The summed E-state index contributed by atoms with van der Waals surface area (Å²) < 4.78 is 12.3. The van der Waals surface area contributed by atoms with Crippen molar-refractivity contribution in [3.63, 3.8) is 0 Å². The summed E-state index contributed by atoms with van der Waals surface area (Å²) in [6, 6.07) is 6.88. The second kappa shape index (κ2) is 8.18. The maximum atomic E-state index is 11.9. The summed E-state index contributed by atoms with van der Waals surface area (Å²) >= 11 is 0. The van der Waals surface area contributed by atoms with E-state index < -0.39 is 12.6 Å². The summed E-state index contributed by atoms with van der Waals surface area (Å²) in [4.78, 5) is 22.5. The van der Waals surface area contributed by atoms with E-state index in [2.05, 4.69) is 10.4 Å². The maximum Gasteiger partial charge on any atom is 0.341 e. The molecule has 1 aromatic heterocycles. The van der Waals surface area contributed by atoms with Crippen LogP contribution in [0.2, 0.25) is 0 Å². The van der Waals surface area contributed by atoms with Crippen molar-refractivity contribution in [2.45, 2.75) is 20.4 Å². The second-order valence-corrected chi connectivity index (χ2v) is 5.52. The number of hydrogen-bond acceptors (Lipinski definition) is 5. The Morgan fingerprint density at radius 1 is 1.24 bits per heavy atom. The molecule has 0 unspecified atom stereocenters. The number of carbonyl (C=O) groups is 2. The quantitative estimate of drug-likeness (QED) is 0.744. The number of aliphatic carboxylic acids is 1. The first-order valence-corrected chi connectivity index (χ1v) is 7.70. The van der Waals surface area contributed by atoms with E-state index >= 15 is 0 Å². The Morgan fingerprint density at radius 3 is 2.64 bits per heavy atom. The number of rotatable bonds is 8. The van der Waals surface area contributed by atoms with Crippen molar-refractivity contribution in [3.8, 4) is 11.5 Å². The van der Waals surface area contributed by atoms with Crippen molar-refractivity contribution >= 4 is 11.9 Å². The number of carboxylic acid groups (broad SMARTS) is 1. The normalized spacial score (nSPS) is 10.4. The van der Waals surface area contributed by atoms with E-state index in [1.165, 1.54) is 0 Å². The van der Waals surface area contributed by atoms with Gasteiger partial charge in [-0.25, -0.2) is 4.79 Å². The fourth-order valence-corrected chi connectivity index (χ4v) is 2.24. The van der Waals surface area contributed by atoms with Crippen molar-refractivity contribution in [2.24, 2.45) is 7.05 Å². The van der Waals surface area contributed by atoms with Crippen LogP contribution in [0.5, 0.6) is 11.5 Å². The lowest BCUT2D eigenvalue weighted by Crippen LogP contribution is -2.28. The molecule has 0 spiro atoms. The van der Waals surface area contributed by atoms with Gasteiger partial charge in [0.2, 0.25) is 0 Å². The Morgan fingerprint density at radius 2 is 2.00 bits per heavy atom. The molecule has 0 fully saturated rings. The zero-order chi connectivity index (χ0) is 18.4. The summed E-state index contributed by atoms with van der Waals surface area (Å²) in [5, 5.41) is 15.6. The summed E-state index contributed by atoms with van der Waals surface area (Å²) in [5.41, 5.74) is 2.38. The third kappa shape index (κ3) is 5.23. The molecule has 2 rings (SSSR count). The number of aryl methyl sites for hydroxylation is 2. The molecule has 1 amide bonds. The van der Waals surface area contributed by atoms with Crippen LogP contribution in [-0.2, 0) is 23.2 Å². The number of carboxylic acids is 1. The number of ether oxygens (including phenoxy) is 2. The van der Waals surface area contributed by atoms with Crippen molar-refractivity contribution in [1.82, 2.24) is 15.1 Å². The summed E-state index contributed by atoms with van der Waals surface area (Å²) in [5.74, 6) is -0.259. The summed E-state index contributed by atoms with van der Waals surface area (Å²) in [6.07, 6.45) is 0. The van der Waals surface area contributed by atoms with Gasteiger partial charge >= 0.3 is 5.97 Å². The van der Waals surface area contributed by atoms with Gasteiger partial charge in [0.25, 0.3) is 5.91 Å². The van der Waals surface area contributed by atoms with E-state index in [9.17, 15) is 9.59 Å².